The number of nitrogens with one attached hydrogen (secondary N) is 2. The molecule has 18 heavy (non-hydrogen) atoms. The van der Waals surface area contributed by atoms with E-state index in [0.717, 1.165) is 0 Å². The van der Waals surface area contributed by atoms with Crippen LogP contribution in [-0.2, 0) is 0 Å². The highest BCUT2D eigenvalue weighted by Crippen LogP contribution is 2.22. The van der Waals surface area contributed by atoms with Gasteiger partial charge >= 0.3 is 12.0 Å². The van der Waals surface area contributed by atoms with Crippen LogP contribution >= 0.6 is 11.6 Å². The van der Waals surface area contributed by atoms with Crippen LogP contribution in [-0.4, -0.2) is 30.2 Å². The number of anilines is 1. The summed E-state index contributed by atoms with van der Waals surface area (Å²) in [6.07, 6.45) is 0.680. The van der Waals surface area contributed by atoms with Gasteiger partial charge in [-0.25, -0.2) is 9.59 Å². The summed E-state index contributed by atoms with van der Waals surface area (Å²) in [5, 5.41) is 14.0. The van der Waals surface area contributed by atoms with Crippen LogP contribution in [0.15, 0.2) is 18.2 Å². The normalized spacial score (nSPS) is 9.89. The summed E-state index contributed by atoms with van der Waals surface area (Å²) in [6, 6.07) is 3.67. The zero-order chi connectivity index (χ0) is 13.5. The minimum Gasteiger partial charge on any atom is -0.478 e. The number of rotatable bonds is 5. The number of hydrogen-bond acceptors (Lipinski definition) is 3. The average molecular weight is 272 g/mol. The molecule has 5 N–H and O–H groups in total. The van der Waals surface area contributed by atoms with Gasteiger partial charge in [-0.3, -0.25) is 0 Å². The summed E-state index contributed by atoms with van der Waals surface area (Å²) in [7, 11) is 0. The van der Waals surface area contributed by atoms with Gasteiger partial charge in [0.2, 0.25) is 0 Å². The van der Waals surface area contributed by atoms with Gasteiger partial charge in [-0.15, -0.1) is 0 Å². The van der Waals surface area contributed by atoms with E-state index in [1.54, 1.807) is 0 Å². The fraction of sp³-hybridized carbons (Fsp3) is 0.273. The minimum absolute atomic E-state index is 0.0640. The number of carboxylic acid groups (broad SMARTS) is 1. The summed E-state index contributed by atoms with van der Waals surface area (Å²) in [5.74, 6) is -1.07. The third-order valence-electron chi connectivity index (χ3n) is 2.13. The van der Waals surface area contributed by atoms with Crippen LogP contribution in [0.25, 0.3) is 0 Å². The highest BCUT2D eigenvalue weighted by molar-refractivity contribution is 6.34. The molecule has 0 spiro atoms. The Hall–Kier alpha value is -1.79. The number of carbonyl (C=O) groups is 2. The highest BCUT2D eigenvalue weighted by atomic mass is 35.5. The number of benzene rings is 1. The van der Waals surface area contributed by atoms with E-state index in [1.165, 1.54) is 18.2 Å². The van der Waals surface area contributed by atoms with Gasteiger partial charge in [-0.1, -0.05) is 11.6 Å². The summed E-state index contributed by atoms with van der Waals surface area (Å²) < 4.78 is 0. The molecule has 0 unspecified atom stereocenters. The molecule has 0 fully saturated rings. The lowest BCUT2D eigenvalue weighted by Crippen LogP contribution is -2.30. The van der Waals surface area contributed by atoms with Crippen LogP contribution in [0.1, 0.15) is 16.8 Å². The van der Waals surface area contributed by atoms with E-state index >= 15 is 0 Å². The van der Waals surface area contributed by atoms with Crippen molar-refractivity contribution in [2.75, 3.05) is 18.4 Å². The van der Waals surface area contributed by atoms with Crippen molar-refractivity contribution in [3.63, 3.8) is 0 Å². The summed E-state index contributed by atoms with van der Waals surface area (Å²) in [6.45, 7) is 0.960. The molecule has 0 saturated heterocycles. The first-order chi connectivity index (χ1) is 8.54. The lowest BCUT2D eigenvalue weighted by atomic mass is 10.2. The topological polar surface area (TPSA) is 104 Å². The van der Waals surface area contributed by atoms with Gasteiger partial charge < -0.3 is 21.5 Å². The van der Waals surface area contributed by atoms with Crippen molar-refractivity contribution < 1.29 is 14.7 Å². The average Bonchev–Trinajstić information content (AvgIpc) is 2.32. The molecule has 1 rings (SSSR count). The van der Waals surface area contributed by atoms with Crippen LogP contribution in [0.2, 0.25) is 5.02 Å². The van der Waals surface area contributed by atoms with E-state index in [0.29, 0.717) is 25.2 Å². The van der Waals surface area contributed by atoms with Crippen molar-refractivity contribution in [1.29, 1.82) is 0 Å². The number of nitrogens with two attached hydrogens (primary N) is 1. The Morgan fingerprint density at radius 2 is 2.11 bits per heavy atom. The molecule has 2 amide bonds. The van der Waals surface area contributed by atoms with Gasteiger partial charge in [0.25, 0.3) is 0 Å². The molecule has 0 atom stereocenters. The van der Waals surface area contributed by atoms with E-state index < -0.39 is 12.0 Å². The summed E-state index contributed by atoms with van der Waals surface area (Å²) in [4.78, 5) is 22.1. The van der Waals surface area contributed by atoms with Crippen molar-refractivity contribution >= 4 is 29.3 Å². The van der Waals surface area contributed by atoms with Gasteiger partial charge in [0.1, 0.15) is 0 Å². The molecular weight excluding hydrogens is 258 g/mol. The second-order valence-corrected chi connectivity index (χ2v) is 3.93. The quantitative estimate of drug-likeness (QED) is 0.609. The molecule has 7 heteroatoms. The Bertz CT molecular complexity index is 451. The maximum absolute atomic E-state index is 11.4. The van der Waals surface area contributed by atoms with Gasteiger partial charge in [0, 0.05) is 6.54 Å². The van der Waals surface area contributed by atoms with Crippen molar-refractivity contribution in [2.45, 2.75) is 6.42 Å². The summed E-state index contributed by atoms with van der Waals surface area (Å²) >= 11 is 5.85. The molecule has 1 aromatic rings. The molecular formula is C11H14ClN3O3. The molecule has 0 aliphatic heterocycles. The second-order valence-electron chi connectivity index (χ2n) is 3.52. The van der Waals surface area contributed by atoms with E-state index in [4.69, 9.17) is 22.4 Å². The van der Waals surface area contributed by atoms with Gasteiger partial charge in [-0.05, 0) is 31.2 Å². The first kappa shape index (κ1) is 14.3. The fourth-order valence-corrected chi connectivity index (χ4v) is 1.45. The van der Waals surface area contributed by atoms with E-state index in [1.807, 2.05) is 0 Å². The van der Waals surface area contributed by atoms with Gasteiger partial charge in [-0.2, -0.15) is 0 Å². The largest absolute Gasteiger partial charge is 0.478 e. The number of amides is 2. The van der Waals surface area contributed by atoms with Crippen LogP contribution in [0.4, 0.5) is 10.5 Å². The van der Waals surface area contributed by atoms with Gasteiger partial charge in [0.05, 0.1) is 16.3 Å². The Labute approximate surface area is 109 Å². The van der Waals surface area contributed by atoms with Crippen molar-refractivity contribution in [1.82, 2.24) is 5.32 Å². The lowest BCUT2D eigenvalue weighted by molar-refractivity contribution is 0.0697. The van der Waals surface area contributed by atoms with E-state index in [9.17, 15) is 9.59 Å². The van der Waals surface area contributed by atoms with E-state index in [2.05, 4.69) is 10.6 Å². The zero-order valence-electron chi connectivity index (χ0n) is 9.57. The number of hydrogen-bond donors (Lipinski definition) is 4. The lowest BCUT2D eigenvalue weighted by Gasteiger charge is -2.09. The third kappa shape index (κ3) is 4.23. The van der Waals surface area contributed by atoms with E-state index in [-0.39, 0.29) is 10.6 Å². The Morgan fingerprint density at radius 3 is 2.67 bits per heavy atom. The number of carbonyl (C=O) groups excluding carboxylic acids is 1. The Balaban J connectivity index is 2.62. The number of aromatic carboxylic acids is 1. The molecule has 0 heterocycles. The molecule has 0 radical (unpaired) electrons. The SMILES string of the molecule is NCCCNC(=O)Nc1ccc(C(=O)O)cc1Cl. The predicted octanol–water partition coefficient (Wildman–Crippen LogP) is 1.51. The molecule has 0 saturated carbocycles. The summed E-state index contributed by atoms with van der Waals surface area (Å²) in [5.41, 5.74) is 5.71. The maximum atomic E-state index is 11.4. The van der Waals surface area contributed by atoms with Crippen LogP contribution < -0.4 is 16.4 Å². The minimum atomic E-state index is -1.07. The molecule has 98 valence electrons. The molecule has 1 aromatic carbocycles. The first-order valence-corrected chi connectivity index (χ1v) is 5.70. The van der Waals surface area contributed by atoms with Crippen LogP contribution in [0.5, 0.6) is 0 Å². The van der Waals surface area contributed by atoms with Gasteiger partial charge in [0.15, 0.2) is 0 Å². The highest BCUT2D eigenvalue weighted by Gasteiger charge is 2.09. The third-order valence-corrected chi connectivity index (χ3v) is 2.44. The molecule has 0 aromatic heterocycles. The molecule has 0 aliphatic carbocycles. The van der Waals surface area contributed by atoms with Crippen molar-refractivity contribution in [2.24, 2.45) is 5.73 Å². The zero-order valence-corrected chi connectivity index (χ0v) is 10.3. The number of urea groups is 1. The Kier molecular flexibility index (Phi) is 5.41. The monoisotopic (exact) mass is 271 g/mol. The van der Waals surface area contributed by atoms with Crippen molar-refractivity contribution in [3.05, 3.63) is 28.8 Å². The van der Waals surface area contributed by atoms with Crippen LogP contribution in [0.3, 0.4) is 0 Å². The van der Waals surface area contributed by atoms with Crippen LogP contribution in [0, 0.1) is 0 Å². The maximum Gasteiger partial charge on any atom is 0.335 e. The number of halogens is 1. The molecule has 0 aliphatic rings. The molecule has 6 nitrogen and oxygen atoms in total. The smallest absolute Gasteiger partial charge is 0.335 e. The second kappa shape index (κ2) is 6.83. The first-order valence-electron chi connectivity index (χ1n) is 5.32. The van der Waals surface area contributed by atoms with Crippen molar-refractivity contribution in [3.8, 4) is 0 Å². The number of carboxylic acids is 1. The molecule has 0 bridgehead atoms. The predicted molar refractivity (Wildman–Crippen MR) is 69.1 cm³/mol. The Morgan fingerprint density at radius 1 is 1.39 bits per heavy atom. The fourth-order valence-electron chi connectivity index (χ4n) is 1.22. The standard InChI is InChI=1S/C11H14ClN3O3/c12-8-6-7(10(16)17)2-3-9(8)15-11(18)14-5-1-4-13/h2-3,6H,1,4-5,13H2,(H,16,17)(H2,14,15,18).